The monoisotopic (exact) mass is 1870 g/mol. The predicted molar refractivity (Wildman–Crippen MR) is 483 cm³/mol. The van der Waals surface area contributed by atoms with Gasteiger partial charge in [-0.15, -0.1) is 11.8 Å². The fourth-order valence-electron chi connectivity index (χ4n) is 16.2. The number of imidazole rings is 1. The smallest absolute Gasteiger partial charge is 0.303 e. The largest absolute Gasteiger partial charge is 0.508 e. The number of unbranched alkanes of at least 4 members (excludes halogenated alkanes) is 2. The molecule has 3 aliphatic rings. The van der Waals surface area contributed by atoms with Crippen molar-refractivity contribution in [2.75, 3.05) is 51.8 Å². The molecule has 3 aliphatic heterocycles. The minimum atomic E-state index is -1.91. The number of aromatic hydroxyl groups is 1. The van der Waals surface area contributed by atoms with Crippen molar-refractivity contribution in [2.45, 2.75) is 234 Å². The highest BCUT2D eigenvalue weighted by Crippen LogP contribution is 2.28. The summed E-state index contributed by atoms with van der Waals surface area (Å²) < 4.78 is 0. The van der Waals surface area contributed by atoms with Crippen LogP contribution in [0, 0.1) is 5.92 Å². The lowest BCUT2D eigenvalue weighted by atomic mass is 10.0. The third-order valence-electron chi connectivity index (χ3n) is 23.5. The second-order valence-electron chi connectivity index (χ2n) is 34.0. The number of aliphatic hydroxyl groups excluding tert-OH is 2. The number of primary amides is 2. The number of nitrogens with zero attached hydrogens (tertiary/aromatic N) is 5. The van der Waals surface area contributed by atoms with Gasteiger partial charge in [0.15, 0.2) is 0 Å². The number of H-pyrrole nitrogens is 3. The molecule has 3 aromatic carbocycles. The highest BCUT2D eigenvalue weighted by atomic mass is 32.2. The average Bonchev–Trinajstić information content (AvgIpc) is 1.23. The first kappa shape index (κ1) is 103. The van der Waals surface area contributed by atoms with Crippen molar-refractivity contribution in [3.63, 3.8) is 0 Å². The summed E-state index contributed by atoms with van der Waals surface area (Å²) in [5.41, 5.74) is 14.0. The number of rotatable bonds is 25. The number of para-hydroxylation sites is 2. The van der Waals surface area contributed by atoms with Crippen molar-refractivity contribution in [1.82, 2.24) is 98.0 Å². The van der Waals surface area contributed by atoms with Crippen molar-refractivity contribution in [3.8, 4) is 5.75 Å². The maximum Gasteiger partial charge on any atom is 0.303 e. The fraction of sp³-hybridized carbons (Fsp3) is 0.517. The van der Waals surface area contributed by atoms with Gasteiger partial charge >= 0.3 is 5.97 Å². The Morgan fingerprint density at radius 1 is 0.556 bits per heavy atom. The Bertz CT molecular complexity index is 5160. The lowest BCUT2D eigenvalue weighted by Gasteiger charge is -2.33. The molecule has 0 unspecified atom stereocenters. The zero-order chi connectivity index (χ0) is 97.0. The number of hydrogen-bond acceptors (Lipinski definition) is 23. The Morgan fingerprint density at radius 3 is 1.67 bits per heavy atom. The first-order chi connectivity index (χ1) is 63.4. The van der Waals surface area contributed by atoms with E-state index in [1.807, 2.05) is 0 Å². The molecule has 0 saturated carbocycles. The van der Waals surface area contributed by atoms with E-state index in [1.54, 1.807) is 88.6 Å². The molecule has 0 bridgehead atoms. The molecule has 22 N–H and O–H groups in total. The van der Waals surface area contributed by atoms with E-state index in [2.05, 4.69) is 78.4 Å². The van der Waals surface area contributed by atoms with E-state index in [9.17, 15) is 73.2 Å². The number of benzene rings is 3. The van der Waals surface area contributed by atoms with Crippen LogP contribution in [0.15, 0.2) is 97.7 Å². The Hall–Kier alpha value is -13.5. The van der Waals surface area contributed by atoms with Crippen LogP contribution in [0.3, 0.4) is 0 Å². The highest BCUT2D eigenvalue weighted by molar-refractivity contribution is 8.00. The second kappa shape index (κ2) is 49.1. The predicted octanol–water partition coefficient (Wildman–Crippen LogP) is -2.67. The summed E-state index contributed by atoms with van der Waals surface area (Å²) >= 11 is 0.705. The summed E-state index contributed by atoms with van der Waals surface area (Å²) in [4.78, 5) is 278. The molecular formula is C89H121N21O22S. The first-order valence-electron chi connectivity index (χ1n) is 44.3. The van der Waals surface area contributed by atoms with Gasteiger partial charge in [0.1, 0.15) is 90.3 Å². The number of aromatic amines is 3. The van der Waals surface area contributed by atoms with E-state index >= 15 is 33.6 Å². The van der Waals surface area contributed by atoms with Crippen molar-refractivity contribution in [2.24, 2.45) is 17.4 Å². The molecule has 15 atom stereocenters. The van der Waals surface area contributed by atoms with Crippen LogP contribution in [0.5, 0.6) is 5.75 Å². The van der Waals surface area contributed by atoms with Gasteiger partial charge in [-0.1, -0.05) is 102 Å². The number of phenolic OH excluding ortho intramolecular Hbond substituents is 1. The molecule has 6 heterocycles. The van der Waals surface area contributed by atoms with E-state index in [0.717, 1.165) is 19.6 Å². The van der Waals surface area contributed by atoms with E-state index in [0.29, 0.717) is 68.8 Å². The van der Waals surface area contributed by atoms with E-state index in [4.69, 9.17) is 11.5 Å². The number of fused-ring (bicyclic) bond motifs is 4. The fourth-order valence-corrected chi connectivity index (χ4v) is 17.1. The molecule has 133 heavy (non-hydrogen) atoms. The van der Waals surface area contributed by atoms with Crippen molar-refractivity contribution in [1.29, 1.82) is 0 Å². The first-order valence-corrected chi connectivity index (χ1v) is 45.5. The lowest BCUT2D eigenvalue weighted by molar-refractivity contribution is -0.145. The molecule has 3 fully saturated rings. The molecule has 0 spiro atoms. The second-order valence-corrected chi connectivity index (χ2v) is 35.1. The number of carbonyl (C=O) groups excluding carboxylic acids is 17. The molecule has 44 heteroatoms. The number of nitrogens with one attached hydrogen (secondary N) is 14. The van der Waals surface area contributed by atoms with Crippen LogP contribution in [0.25, 0.3) is 21.8 Å². The Labute approximate surface area is 770 Å². The molecule has 720 valence electrons. The molecular weight excluding hydrogens is 1750 g/mol. The molecule has 9 rings (SSSR count). The van der Waals surface area contributed by atoms with Crippen LogP contribution in [-0.2, 0) is 112 Å². The van der Waals surface area contributed by atoms with Crippen molar-refractivity contribution < 1.29 is 107 Å². The number of carbonyl (C=O) groups is 18. The van der Waals surface area contributed by atoms with Gasteiger partial charge in [-0.2, -0.15) is 0 Å². The lowest BCUT2D eigenvalue weighted by Crippen LogP contribution is -2.61. The normalized spacial score (nSPS) is 24.9. The number of aromatic nitrogens is 4. The third kappa shape index (κ3) is 29.0. The van der Waals surface area contributed by atoms with Gasteiger partial charge in [-0.25, -0.2) is 4.98 Å². The molecule has 0 radical (unpaired) electrons. The van der Waals surface area contributed by atoms with Gasteiger partial charge < -0.3 is 125 Å². The van der Waals surface area contributed by atoms with Gasteiger partial charge in [-0.05, 0) is 92.3 Å². The van der Waals surface area contributed by atoms with Crippen molar-refractivity contribution in [3.05, 3.63) is 120 Å². The summed E-state index contributed by atoms with van der Waals surface area (Å²) in [5, 5.41) is 72.6. The molecule has 3 aromatic heterocycles. The van der Waals surface area contributed by atoms with Gasteiger partial charge in [0.05, 0.1) is 37.8 Å². The third-order valence-corrected chi connectivity index (χ3v) is 24.6. The SMILES string of the molecule is CCCC[C@H]1NC(=O)[C@H](Cc2c[nH]c3ccccc23)NC(=O)[C@H](CO)NC(=O)[C@H](Cc2c[nH]c3ccccc23)NC(=O)[C@@H]2C[C@@H](O)CN2C(=O)[C@H](CC(C)C)NC(=O)[C@H](Cc2cnc[nH]2)NC(=O)[C@@H]2CCCN2C(=O)[C@@H](CC(N)=O)NC(=O)[C@H](C)N(C)C(=O)[C@H](Cc2ccc(O)cc2)NC(=O)CSC[C@@H](C(=O)NCC(N)=O)NC(=O)[C@H](CCC(=O)O)NC(=O)[C@H](CCCC)N(C)C1=O. The van der Waals surface area contributed by atoms with Gasteiger partial charge in [-0.3, -0.25) is 86.3 Å². The number of nitrogens with two attached hydrogens (primary N) is 2. The summed E-state index contributed by atoms with van der Waals surface area (Å²) in [6, 6.07) is -3.10. The number of aliphatic carboxylic acids is 1. The number of carboxylic acids is 1. The molecule has 3 saturated heterocycles. The summed E-state index contributed by atoms with van der Waals surface area (Å²) in [6.45, 7) is 5.84. The van der Waals surface area contributed by atoms with Crippen LogP contribution in [-0.4, -0.2) is 309 Å². The van der Waals surface area contributed by atoms with Crippen LogP contribution in [0.4, 0.5) is 0 Å². The van der Waals surface area contributed by atoms with Crippen molar-refractivity contribution >= 4 is 140 Å². The minimum Gasteiger partial charge on any atom is -0.508 e. The molecule has 17 amide bonds. The Kier molecular flexibility index (Phi) is 38.1. The highest BCUT2D eigenvalue weighted by Gasteiger charge is 2.47. The number of hydrogen-bond donors (Lipinski definition) is 20. The van der Waals surface area contributed by atoms with Gasteiger partial charge in [0.2, 0.25) is 100 Å². The molecule has 6 aromatic rings. The zero-order valence-electron chi connectivity index (χ0n) is 75.2. The summed E-state index contributed by atoms with van der Waals surface area (Å²) in [7, 11) is 2.47. The van der Waals surface area contributed by atoms with E-state index in [-0.39, 0.29) is 88.8 Å². The zero-order valence-corrected chi connectivity index (χ0v) is 76.0. The van der Waals surface area contributed by atoms with Crippen LogP contribution in [0.1, 0.15) is 140 Å². The summed E-state index contributed by atoms with van der Waals surface area (Å²) in [5.74, 6) is -20.0. The number of phenols is 1. The Morgan fingerprint density at radius 2 is 1.09 bits per heavy atom. The number of likely N-dealkylation sites (N-methyl/N-ethyl adjacent to an activating group) is 2. The van der Waals surface area contributed by atoms with E-state index < -0.39 is 254 Å². The number of thioether (sulfide) groups is 1. The minimum absolute atomic E-state index is 0.0265. The topological polar surface area (TPSA) is 646 Å². The molecule has 0 aliphatic carbocycles. The standard InChI is InChI=1S/C89H121N21O22S/c1-8-10-19-60-86(129)108(7)69(22-11-9-2)83(126)98-59(28-29-75(117)118)78(121)106-68(77(120)95-41-73(91)115)44-133-45-74(116)97-65(32-49-24-26-53(112)27-25-49)87(130)107(6)48(5)76(119)103-66(37-72(90)114)88(131)109-30-16-23-70(109)84(127)102-63(35-52-40-92-46-96-52)81(124)104-64(31-47(3)4)89(132)110-42-54(113)36-71(110)85(128)101-62(34-51-39-94-58-21-15-13-18-56(51)58)80(123)105-67(43-111)82(125)100-61(79(122)99-60)33-50-38-93-57-20-14-12-17-55(50)57/h12-15,17-18,20-21,24-27,38-40,46-48,54,59-71,93-94,111-113H,8-11,16,19,22-23,28-37,41-45H2,1-7H3,(H2,90,114)(H2,91,115)(H,92,96)(H,95,120)(H,97,116)(H,98,126)(H,99,122)(H,100,125)(H,101,128)(H,102,127)(H,103,119)(H,104,124)(H,105,123)(H,106,121)(H,117,118)/t48-,54+,59-,60+,61-,62-,63-,64-,65-,66+,67-,68-,69-,70-,71-/m0/s1. The Balaban J connectivity index is 1.09. The van der Waals surface area contributed by atoms with Crippen LogP contribution >= 0.6 is 11.8 Å². The van der Waals surface area contributed by atoms with Gasteiger partial charge in [0.25, 0.3) is 0 Å². The van der Waals surface area contributed by atoms with E-state index in [1.165, 1.54) is 57.8 Å². The number of aliphatic hydroxyl groups is 2. The van der Waals surface area contributed by atoms with Crippen LogP contribution in [0.2, 0.25) is 0 Å². The number of amides is 17. The maximum atomic E-state index is 15.4. The summed E-state index contributed by atoms with van der Waals surface area (Å²) in [6.07, 6.45) is 1.99. The number of carboxylic acid groups (broad SMARTS) is 1. The maximum absolute atomic E-state index is 15.4. The average molecular weight is 1870 g/mol. The quantitative estimate of drug-likeness (QED) is 0.0278. The molecule has 43 nitrogen and oxygen atoms in total. The van der Waals surface area contributed by atoms with Crippen LogP contribution < -0.4 is 70.0 Å². The van der Waals surface area contributed by atoms with Gasteiger partial charge in [0, 0.05) is 118 Å².